The first-order valence-electron chi connectivity index (χ1n) is 12.8. The van der Waals surface area contributed by atoms with E-state index in [2.05, 4.69) is 29.2 Å². The molecule has 37 heavy (non-hydrogen) atoms. The summed E-state index contributed by atoms with van der Waals surface area (Å²) in [6, 6.07) is 21.6. The molecule has 1 fully saturated rings. The molecule has 2 heterocycles. The average Bonchev–Trinajstić information content (AvgIpc) is 3.06. The number of nitrogens with zero attached hydrogens (tertiary/aromatic N) is 2. The van der Waals surface area contributed by atoms with Gasteiger partial charge in [-0.3, -0.25) is 4.79 Å². The molecule has 0 bridgehead atoms. The van der Waals surface area contributed by atoms with Crippen molar-refractivity contribution in [2.45, 2.75) is 31.5 Å². The second kappa shape index (κ2) is 10.7. The molecule has 0 aliphatic carbocycles. The van der Waals surface area contributed by atoms with Crippen LogP contribution < -0.4 is 4.74 Å². The van der Waals surface area contributed by atoms with Crippen LogP contribution in [-0.4, -0.2) is 54.5 Å². The summed E-state index contributed by atoms with van der Waals surface area (Å²) in [6.07, 6.45) is 4.57. The summed E-state index contributed by atoms with van der Waals surface area (Å²) in [5.74, 6) is 0.698. The van der Waals surface area contributed by atoms with Crippen molar-refractivity contribution in [2.75, 3.05) is 33.7 Å². The maximum absolute atomic E-state index is 12.5. The van der Waals surface area contributed by atoms with Crippen LogP contribution in [0.25, 0.3) is 5.57 Å². The van der Waals surface area contributed by atoms with E-state index >= 15 is 0 Å². The van der Waals surface area contributed by atoms with Crippen LogP contribution in [0.5, 0.6) is 5.75 Å². The number of halogens is 1. The van der Waals surface area contributed by atoms with Gasteiger partial charge >= 0.3 is 0 Å². The number of carbonyl (C=O) groups is 1. The minimum absolute atomic E-state index is 0.0395. The Balaban J connectivity index is 1.33. The summed E-state index contributed by atoms with van der Waals surface area (Å²) < 4.78 is 6.19. The Hall–Kier alpha value is -3.12. The summed E-state index contributed by atoms with van der Waals surface area (Å²) in [4.78, 5) is 16.5. The summed E-state index contributed by atoms with van der Waals surface area (Å²) in [6.45, 7) is 3.06. The predicted molar refractivity (Wildman–Crippen MR) is 148 cm³/mol. The van der Waals surface area contributed by atoms with Crippen LogP contribution in [0.2, 0.25) is 5.02 Å². The lowest BCUT2D eigenvalue weighted by Crippen LogP contribution is -2.42. The third-order valence-electron chi connectivity index (χ3n) is 7.47. The van der Waals surface area contributed by atoms with Crippen molar-refractivity contribution in [3.05, 3.63) is 106 Å². The van der Waals surface area contributed by atoms with E-state index in [0.29, 0.717) is 30.0 Å². The second-order valence-electron chi connectivity index (χ2n) is 10.1. The van der Waals surface area contributed by atoms with E-state index in [4.69, 9.17) is 16.3 Å². The SMILES string of the molecule is CN(C)C(=O)c1ccc2c(c1)OCc1ccccc1C2=CCCN1CCC(O)(c2ccc(Cl)cc2)CC1. The van der Waals surface area contributed by atoms with Gasteiger partial charge in [-0.2, -0.15) is 0 Å². The lowest BCUT2D eigenvalue weighted by Gasteiger charge is -2.38. The van der Waals surface area contributed by atoms with Crippen LogP contribution >= 0.6 is 11.6 Å². The Morgan fingerprint density at radius 1 is 1.05 bits per heavy atom. The smallest absolute Gasteiger partial charge is 0.253 e. The lowest BCUT2D eigenvalue weighted by molar-refractivity contribution is -0.0254. The van der Waals surface area contributed by atoms with Crippen molar-refractivity contribution < 1.29 is 14.6 Å². The molecule has 2 aliphatic heterocycles. The van der Waals surface area contributed by atoms with E-state index in [0.717, 1.165) is 54.1 Å². The van der Waals surface area contributed by atoms with Crippen molar-refractivity contribution in [1.82, 2.24) is 9.80 Å². The molecule has 2 aliphatic rings. The zero-order valence-electron chi connectivity index (χ0n) is 21.4. The van der Waals surface area contributed by atoms with Gasteiger partial charge in [-0.05, 0) is 71.9 Å². The Kier molecular flexibility index (Phi) is 7.38. The van der Waals surface area contributed by atoms with Crippen LogP contribution in [0.3, 0.4) is 0 Å². The number of fused-ring (bicyclic) bond motifs is 2. The lowest BCUT2D eigenvalue weighted by atomic mass is 9.84. The third-order valence-corrected chi connectivity index (χ3v) is 7.73. The van der Waals surface area contributed by atoms with E-state index in [1.54, 1.807) is 19.0 Å². The predicted octanol–water partition coefficient (Wildman–Crippen LogP) is 5.74. The van der Waals surface area contributed by atoms with Crippen molar-refractivity contribution in [3.8, 4) is 5.75 Å². The normalized spacial score (nSPS) is 17.9. The molecule has 0 radical (unpaired) electrons. The van der Waals surface area contributed by atoms with Crippen LogP contribution in [0.15, 0.2) is 72.8 Å². The molecule has 5 nitrogen and oxygen atoms in total. The fourth-order valence-corrected chi connectivity index (χ4v) is 5.40. The molecule has 1 amide bonds. The molecule has 5 rings (SSSR count). The number of hydrogen-bond acceptors (Lipinski definition) is 4. The molecule has 0 atom stereocenters. The fourth-order valence-electron chi connectivity index (χ4n) is 5.27. The molecular formula is C31H33ClN2O3. The van der Waals surface area contributed by atoms with Gasteiger partial charge in [0.05, 0.1) is 5.60 Å². The van der Waals surface area contributed by atoms with Crippen molar-refractivity contribution in [2.24, 2.45) is 0 Å². The number of carbonyl (C=O) groups excluding carboxylic acids is 1. The van der Waals surface area contributed by atoms with Gasteiger partial charge in [-0.1, -0.05) is 54.1 Å². The van der Waals surface area contributed by atoms with E-state index in [1.807, 2.05) is 48.5 Å². The maximum Gasteiger partial charge on any atom is 0.253 e. The molecular weight excluding hydrogens is 484 g/mol. The summed E-state index contributed by atoms with van der Waals surface area (Å²) >= 11 is 6.03. The number of aliphatic hydroxyl groups is 1. The minimum atomic E-state index is -0.794. The van der Waals surface area contributed by atoms with Gasteiger partial charge in [0.15, 0.2) is 0 Å². The van der Waals surface area contributed by atoms with Gasteiger partial charge in [0, 0.05) is 49.9 Å². The number of ether oxygens (including phenoxy) is 1. The Morgan fingerprint density at radius 3 is 2.51 bits per heavy atom. The number of rotatable bonds is 5. The number of hydrogen-bond donors (Lipinski definition) is 1. The molecule has 3 aromatic rings. The minimum Gasteiger partial charge on any atom is -0.488 e. The van der Waals surface area contributed by atoms with E-state index in [9.17, 15) is 9.90 Å². The zero-order valence-corrected chi connectivity index (χ0v) is 22.2. The first kappa shape index (κ1) is 25.5. The first-order valence-corrected chi connectivity index (χ1v) is 13.2. The number of amides is 1. The van der Waals surface area contributed by atoms with Gasteiger partial charge in [0.1, 0.15) is 12.4 Å². The van der Waals surface area contributed by atoms with E-state index in [1.165, 1.54) is 5.56 Å². The highest BCUT2D eigenvalue weighted by atomic mass is 35.5. The van der Waals surface area contributed by atoms with Gasteiger partial charge in [0.2, 0.25) is 0 Å². The molecule has 0 aromatic heterocycles. The molecule has 1 N–H and O–H groups in total. The third kappa shape index (κ3) is 5.45. The first-order chi connectivity index (χ1) is 17.8. The largest absolute Gasteiger partial charge is 0.488 e. The van der Waals surface area contributed by atoms with Crippen molar-refractivity contribution in [1.29, 1.82) is 0 Å². The van der Waals surface area contributed by atoms with Gasteiger partial charge in [0.25, 0.3) is 5.91 Å². The maximum atomic E-state index is 12.5. The van der Waals surface area contributed by atoms with Gasteiger partial charge in [-0.15, -0.1) is 0 Å². The fraction of sp³-hybridized carbons (Fsp3) is 0.323. The topological polar surface area (TPSA) is 53.0 Å². The highest BCUT2D eigenvalue weighted by Crippen LogP contribution is 2.38. The van der Waals surface area contributed by atoms with Crippen molar-refractivity contribution in [3.63, 3.8) is 0 Å². The number of piperidine rings is 1. The molecule has 192 valence electrons. The van der Waals surface area contributed by atoms with Crippen LogP contribution in [-0.2, 0) is 12.2 Å². The van der Waals surface area contributed by atoms with E-state index in [-0.39, 0.29) is 5.91 Å². The summed E-state index contributed by atoms with van der Waals surface area (Å²) in [5.41, 5.74) is 5.23. The molecule has 0 spiro atoms. The zero-order chi connectivity index (χ0) is 26.0. The molecule has 3 aromatic carbocycles. The summed E-state index contributed by atoms with van der Waals surface area (Å²) in [7, 11) is 3.51. The monoisotopic (exact) mass is 516 g/mol. The number of benzene rings is 3. The average molecular weight is 517 g/mol. The van der Waals surface area contributed by atoms with Crippen molar-refractivity contribution >= 4 is 23.1 Å². The molecule has 0 unspecified atom stereocenters. The van der Waals surface area contributed by atoms with Crippen LogP contribution in [0.4, 0.5) is 0 Å². The molecule has 6 heteroatoms. The Bertz CT molecular complexity index is 1310. The van der Waals surface area contributed by atoms with Crippen LogP contribution in [0.1, 0.15) is 51.9 Å². The van der Waals surface area contributed by atoms with E-state index < -0.39 is 5.60 Å². The number of likely N-dealkylation sites (tertiary alicyclic amines) is 1. The quantitative estimate of drug-likeness (QED) is 0.470. The Labute approximate surface area is 223 Å². The van der Waals surface area contributed by atoms with Crippen LogP contribution in [0, 0.1) is 0 Å². The second-order valence-corrected chi connectivity index (χ2v) is 10.6. The summed E-state index contributed by atoms with van der Waals surface area (Å²) in [5, 5.41) is 11.9. The Morgan fingerprint density at radius 2 is 1.78 bits per heavy atom. The molecule has 0 saturated carbocycles. The molecule has 1 saturated heterocycles. The standard InChI is InChI=1S/C31H33ClN2O3/c1-33(2)30(35)22-9-14-28-27(26-7-4-3-6-23(26)21-37-29(28)20-22)8-5-17-34-18-15-31(36,16-19-34)24-10-12-25(32)13-11-24/h3-4,6-14,20,36H,5,15-19,21H2,1-2H3. The highest BCUT2D eigenvalue weighted by Gasteiger charge is 2.33. The highest BCUT2D eigenvalue weighted by molar-refractivity contribution is 6.30. The van der Waals surface area contributed by atoms with Gasteiger partial charge in [-0.25, -0.2) is 0 Å². The van der Waals surface area contributed by atoms with Gasteiger partial charge < -0.3 is 19.6 Å².